The Kier molecular flexibility index (Phi) is 5.78. The Morgan fingerprint density at radius 3 is 2.78 bits per heavy atom. The molecular formula is C20H26N4O2S. The van der Waals surface area contributed by atoms with Crippen LogP contribution in [-0.2, 0) is 16.0 Å². The molecule has 1 saturated carbocycles. The number of ether oxygens (including phenoxy) is 1. The van der Waals surface area contributed by atoms with Crippen LogP contribution >= 0.6 is 11.8 Å². The van der Waals surface area contributed by atoms with Crippen LogP contribution in [0.2, 0.25) is 0 Å². The third-order valence-electron chi connectivity index (χ3n) is 5.27. The molecule has 0 unspecified atom stereocenters. The van der Waals surface area contributed by atoms with Crippen molar-refractivity contribution in [1.29, 1.82) is 0 Å². The number of aromatic nitrogens is 3. The minimum absolute atomic E-state index is 0.00646. The Morgan fingerprint density at radius 1 is 1.19 bits per heavy atom. The van der Waals surface area contributed by atoms with Gasteiger partial charge >= 0.3 is 0 Å². The van der Waals surface area contributed by atoms with E-state index in [0.717, 1.165) is 55.6 Å². The first kappa shape index (κ1) is 18.5. The molecule has 2 aliphatic rings. The fraction of sp³-hybridized carbons (Fsp3) is 0.550. The molecule has 2 aromatic rings. The van der Waals surface area contributed by atoms with E-state index in [1.54, 1.807) is 11.8 Å². The number of Topliss-reactive ketones (excluding diaryl/α,β-unsaturated/α-hetero) is 1. The van der Waals surface area contributed by atoms with E-state index >= 15 is 0 Å². The summed E-state index contributed by atoms with van der Waals surface area (Å²) in [6.07, 6.45) is 4.68. The lowest BCUT2D eigenvalue weighted by atomic mass is 9.99. The molecule has 1 aromatic carbocycles. The van der Waals surface area contributed by atoms with Crippen molar-refractivity contribution in [2.75, 3.05) is 31.2 Å². The van der Waals surface area contributed by atoms with Crippen LogP contribution in [0.4, 0.5) is 5.95 Å². The number of carbonyl (C=O) groups excluding carboxylic acids is 1. The predicted molar refractivity (Wildman–Crippen MR) is 107 cm³/mol. The molecule has 27 heavy (non-hydrogen) atoms. The topological polar surface area (TPSA) is 60.2 Å². The average molecular weight is 387 g/mol. The number of rotatable bonds is 5. The molecule has 0 bridgehead atoms. The van der Waals surface area contributed by atoms with E-state index in [4.69, 9.17) is 4.74 Å². The van der Waals surface area contributed by atoms with Gasteiger partial charge in [0.2, 0.25) is 5.95 Å². The van der Waals surface area contributed by atoms with Crippen LogP contribution in [0, 0.1) is 0 Å². The third-order valence-corrected chi connectivity index (χ3v) is 6.53. The molecule has 1 aromatic heterocycles. The van der Waals surface area contributed by atoms with E-state index in [-0.39, 0.29) is 5.25 Å². The van der Waals surface area contributed by atoms with Gasteiger partial charge in [-0.2, -0.15) is 0 Å². The second-order valence-electron chi connectivity index (χ2n) is 7.02. The lowest BCUT2D eigenvalue weighted by Gasteiger charge is -2.28. The van der Waals surface area contributed by atoms with Crippen LogP contribution in [-0.4, -0.2) is 52.1 Å². The fourth-order valence-electron chi connectivity index (χ4n) is 3.75. The van der Waals surface area contributed by atoms with Gasteiger partial charge in [0, 0.05) is 19.5 Å². The predicted octanol–water partition coefficient (Wildman–Crippen LogP) is 3.27. The summed E-state index contributed by atoms with van der Waals surface area (Å²) in [6.45, 7) is 5.17. The summed E-state index contributed by atoms with van der Waals surface area (Å²) in [7, 11) is 0. The average Bonchev–Trinajstić information content (AvgIpc) is 3.13. The highest BCUT2D eigenvalue weighted by atomic mass is 32.2. The second-order valence-corrected chi connectivity index (χ2v) is 8.19. The van der Waals surface area contributed by atoms with Gasteiger partial charge in [-0.1, -0.05) is 43.3 Å². The quantitative estimate of drug-likeness (QED) is 0.786. The number of thioether (sulfide) groups is 1. The second kappa shape index (κ2) is 8.44. The standard InChI is InChI=1S/C20H26N4O2S/c1-2-15-7-3-4-8-16(15)24-19(23-11-13-26-14-12-23)21-22-20(24)27-18-10-6-5-9-17(18)25/h3-4,7-8,18H,2,5-6,9-14H2,1H3/t18-/m0/s1. The van der Waals surface area contributed by atoms with Gasteiger partial charge in [0.25, 0.3) is 0 Å². The van der Waals surface area contributed by atoms with Crippen molar-refractivity contribution in [1.82, 2.24) is 14.8 Å². The molecule has 0 radical (unpaired) electrons. The fourth-order valence-corrected chi connectivity index (χ4v) is 4.91. The third kappa shape index (κ3) is 3.89. The molecule has 1 saturated heterocycles. The van der Waals surface area contributed by atoms with E-state index in [1.807, 2.05) is 0 Å². The molecule has 1 atom stereocenters. The van der Waals surface area contributed by atoms with E-state index in [0.29, 0.717) is 25.4 Å². The summed E-state index contributed by atoms with van der Waals surface area (Å²) in [4.78, 5) is 14.6. The van der Waals surface area contributed by atoms with Crippen molar-refractivity contribution in [2.45, 2.75) is 49.4 Å². The summed E-state index contributed by atoms with van der Waals surface area (Å²) in [5.41, 5.74) is 2.36. The molecule has 0 amide bonds. The van der Waals surface area contributed by atoms with E-state index < -0.39 is 0 Å². The first-order chi connectivity index (χ1) is 13.3. The highest BCUT2D eigenvalue weighted by Crippen LogP contribution is 2.35. The number of ketones is 1. The Bertz CT molecular complexity index is 801. The molecular weight excluding hydrogens is 360 g/mol. The Labute approximate surface area is 164 Å². The SMILES string of the molecule is CCc1ccccc1-n1c(S[C@H]2CCCCC2=O)nnc1N1CCOCC1. The summed E-state index contributed by atoms with van der Waals surface area (Å²) < 4.78 is 7.65. The van der Waals surface area contributed by atoms with E-state index in [9.17, 15) is 4.79 Å². The van der Waals surface area contributed by atoms with Gasteiger partial charge in [0.05, 0.1) is 24.2 Å². The van der Waals surface area contributed by atoms with Crippen LogP contribution in [0.25, 0.3) is 5.69 Å². The lowest BCUT2D eigenvalue weighted by molar-refractivity contribution is -0.119. The number of para-hydroxylation sites is 1. The van der Waals surface area contributed by atoms with Gasteiger partial charge in [-0.05, 0) is 30.9 Å². The van der Waals surface area contributed by atoms with Crippen molar-refractivity contribution in [3.63, 3.8) is 0 Å². The number of carbonyl (C=O) groups is 1. The largest absolute Gasteiger partial charge is 0.378 e. The highest BCUT2D eigenvalue weighted by Gasteiger charge is 2.28. The van der Waals surface area contributed by atoms with Crippen molar-refractivity contribution < 1.29 is 9.53 Å². The number of anilines is 1. The maximum absolute atomic E-state index is 12.4. The molecule has 6 nitrogen and oxygen atoms in total. The molecule has 1 aliphatic carbocycles. The van der Waals surface area contributed by atoms with Crippen molar-refractivity contribution in [2.24, 2.45) is 0 Å². The Balaban J connectivity index is 1.74. The number of morpholine rings is 1. The normalized spacial score (nSPS) is 20.9. The molecule has 0 spiro atoms. The van der Waals surface area contributed by atoms with Gasteiger partial charge in [-0.25, -0.2) is 0 Å². The molecule has 7 heteroatoms. The Hall–Kier alpha value is -1.86. The van der Waals surface area contributed by atoms with Gasteiger partial charge in [0.15, 0.2) is 5.16 Å². The van der Waals surface area contributed by atoms with Gasteiger partial charge in [0.1, 0.15) is 5.78 Å². The van der Waals surface area contributed by atoms with E-state index in [1.165, 1.54) is 5.56 Å². The van der Waals surface area contributed by atoms with Crippen LogP contribution < -0.4 is 4.90 Å². The van der Waals surface area contributed by atoms with E-state index in [2.05, 4.69) is 50.9 Å². The van der Waals surface area contributed by atoms with Gasteiger partial charge in [-0.15, -0.1) is 10.2 Å². The zero-order valence-electron chi connectivity index (χ0n) is 15.8. The summed E-state index contributed by atoms with van der Waals surface area (Å²) in [5.74, 6) is 1.20. The van der Waals surface area contributed by atoms with Crippen LogP contribution in [0.1, 0.15) is 38.2 Å². The first-order valence-electron chi connectivity index (χ1n) is 9.83. The van der Waals surface area contributed by atoms with Crippen LogP contribution in [0.3, 0.4) is 0 Å². The van der Waals surface area contributed by atoms with Gasteiger partial charge < -0.3 is 9.64 Å². The number of benzene rings is 1. The summed E-state index contributed by atoms with van der Waals surface area (Å²) in [6, 6.07) is 8.40. The smallest absolute Gasteiger partial charge is 0.232 e. The molecule has 2 fully saturated rings. The lowest BCUT2D eigenvalue weighted by Crippen LogP contribution is -2.38. The van der Waals surface area contributed by atoms with Crippen LogP contribution in [0.15, 0.2) is 29.4 Å². The number of hydrogen-bond donors (Lipinski definition) is 0. The van der Waals surface area contributed by atoms with Gasteiger partial charge in [-0.3, -0.25) is 9.36 Å². The molecule has 144 valence electrons. The van der Waals surface area contributed by atoms with Crippen LogP contribution in [0.5, 0.6) is 0 Å². The zero-order chi connectivity index (χ0) is 18.6. The number of aryl methyl sites for hydroxylation is 1. The minimum Gasteiger partial charge on any atom is -0.378 e. The van der Waals surface area contributed by atoms with Crippen molar-refractivity contribution in [3.8, 4) is 5.69 Å². The summed E-state index contributed by atoms with van der Waals surface area (Å²) in [5, 5.41) is 9.86. The number of hydrogen-bond acceptors (Lipinski definition) is 6. The summed E-state index contributed by atoms with van der Waals surface area (Å²) >= 11 is 1.58. The Morgan fingerprint density at radius 2 is 2.00 bits per heavy atom. The maximum atomic E-state index is 12.4. The molecule has 4 rings (SSSR count). The highest BCUT2D eigenvalue weighted by molar-refractivity contribution is 8.00. The minimum atomic E-state index is -0.00646. The number of nitrogens with zero attached hydrogens (tertiary/aromatic N) is 4. The zero-order valence-corrected chi connectivity index (χ0v) is 16.6. The first-order valence-corrected chi connectivity index (χ1v) is 10.7. The monoisotopic (exact) mass is 386 g/mol. The molecule has 2 heterocycles. The molecule has 0 N–H and O–H groups in total. The molecule has 1 aliphatic heterocycles. The van der Waals surface area contributed by atoms with Crippen molar-refractivity contribution in [3.05, 3.63) is 29.8 Å². The van der Waals surface area contributed by atoms with Crippen molar-refractivity contribution >= 4 is 23.5 Å². The maximum Gasteiger partial charge on any atom is 0.232 e.